The number of aromatic nitrogens is 3. The number of H-pyrrole nitrogens is 1. The minimum Gasteiger partial charge on any atom is -0.313 e. The van der Waals surface area contributed by atoms with E-state index in [1.165, 1.54) is 10.5 Å². The molecule has 0 saturated heterocycles. The van der Waals surface area contributed by atoms with Crippen molar-refractivity contribution in [2.75, 3.05) is 13.6 Å². The fourth-order valence-corrected chi connectivity index (χ4v) is 3.15. The van der Waals surface area contributed by atoms with Gasteiger partial charge >= 0.3 is 0 Å². The Hall–Kier alpha value is -1.77. The molecule has 2 N–H and O–H groups in total. The number of pyridine rings is 1. The summed E-state index contributed by atoms with van der Waals surface area (Å²) in [6.45, 7) is 3.44. The molecule has 2 aromatic rings. The van der Waals surface area contributed by atoms with Crippen LogP contribution < -0.4 is 5.32 Å². The number of nitrogens with zero attached hydrogens (tertiary/aromatic N) is 3. The van der Waals surface area contributed by atoms with Crippen molar-refractivity contribution < 1.29 is 8.42 Å². The van der Waals surface area contributed by atoms with Gasteiger partial charge in [-0.3, -0.25) is 10.1 Å². The van der Waals surface area contributed by atoms with Crippen LogP contribution in [0.25, 0.3) is 0 Å². The van der Waals surface area contributed by atoms with Gasteiger partial charge in [0.15, 0.2) is 5.03 Å². The van der Waals surface area contributed by atoms with E-state index in [1.807, 2.05) is 13.0 Å². The van der Waals surface area contributed by atoms with E-state index in [0.29, 0.717) is 12.1 Å². The van der Waals surface area contributed by atoms with Crippen molar-refractivity contribution in [2.24, 2.45) is 0 Å². The Bertz CT molecular complexity index is 669. The van der Waals surface area contributed by atoms with Gasteiger partial charge in [-0.1, -0.05) is 13.0 Å². The highest BCUT2D eigenvalue weighted by Gasteiger charge is 2.25. The maximum absolute atomic E-state index is 12.6. The van der Waals surface area contributed by atoms with Gasteiger partial charge in [-0.2, -0.15) is 9.40 Å². The van der Waals surface area contributed by atoms with E-state index in [4.69, 9.17) is 0 Å². The van der Waals surface area contributed by atoms with Gasteiger partial charge in [0.05, 0.1) is 6.20 Å². The summed E-state index contributed by atoms with van der Waals surface area (Å²) < 4.78 is 26.5. The molecule has 0 amide bonds. The van der Waals surface area contributed by atoms with Crippen molar-refractivity contribution >= 4 is 10.0 Å². The predicted octanol–water partition coefficient (Wildman–Crippen LogP) is 0.735. The molecule has 0 aliphatic carbocycles. The predicted molar refractivity (Wildman–Crippen MR) is 78.9 cm³/mol. The Morgan fingerprint density at radius 1 is 1.38 bits per heavy atom. The standard InChI is InChI=1S/C13H19N5O2S/c1-3-14-8-12-9-16-17-13(12)21(19,20)18(2)10-11-5-4-6-15-7-11/h4-7,9,14H,3,8,10H2,1-2H3,(H,16,17). The number of hydrogen-bond acceptors (Lipinski definition) is 5. The molecular weight excluding hydrogens is 290 g/mol. The van der Waals surface area contributed by atoms with Crippen molar-refractivity contribution in [1.29, 1.82) is 0 Å². The van der Waals surface area contributed by atoms with Gasteiger partial charge < -0.3 is 5.32 Å². The van der Waals surface area contributed by atoms with Crippen LogP contribution in [0.3, 0.4) is 0 Å². The molecule has 0 saturated carbocycles. The molecule has 0 bridgehead atoms. The average Bonchev–Trinajstić information content (AvgIpc) is 2.95. The molecule has 8 heteroatoms. The zero-order valence-electron chi connectivity index (χ0n) is 12.1. The van der Waals surface area contributed by atoms with Crippen LogP contribution in [0.15, 0.2) is 35.7 Å². The third-order valence-electron chi connectivity index (χ3n) is 3.04. The van der Waals surface area contributed by atoms with E-state index >= 15 is 0 Å². The Kier molecular flexibility index (Phi) is 5.05. The van der Waals surface area contributed by atoms with Crippen LogP contribution in [0.4, 0.5) is 0 Å². The maximum Gasteiger partial charge on any atom is 0.260 e. The van der Waals surface area contributed by atoms with Gasteiger partial charge in [0.2, 0.25) is 0 Å². The smallest absolute Gasteiger partial charge is 0.260 e. The lowest BCUT2D eigenvalue weighted by Gasteiger charge is -2.17. The van der Waals surface area contributed by atoms with Gasteiger partial charge in [-0.25, -0.2) is 8.42 Å². The van der Waals surface area contributed by atoms with Crippen LogP contribution in [-0.2, 0) is 23.1 Å². The first-order valence-corrected chi connectivity index (χ1v) is 8.08. The first-order chi connectivity index (χ1) is 10.1. The number of hydrogen-bond donors (Lipinski definition) is 2. The second kappa shape index (κ2) is 6.79. The minimum absolute atomic E-state index is 0.134. The fourth-order valence-electron chi connectivity index (χ4n) is 1.90. The second-order valence-electron chi connectivity index (χ2n) is 4.63. The molecule has 0 aliphatic rings. The Labute approximate surface area is 124 Å². The van der Waals surface area contributed by atoms with Crippen LogP contribution in [0.5, 0.6) is 0 Å². The summed E-state index contributed by atoms with van der Waals surface area (Å²) in [6, 6.07) is 3.62. The van der Waals surface area contributed by atoms with Gasteiger partial charge in [0.1, 0.15) is 0 Å². The molecular formula is C13H19N5O2S. The van der Waals surface area contributed by atoms with E-state index < -0.39 is 10.0 Å². The van der Waals surface area contributed by atoms with E-state index in [1.54, 1.807) is 25.5 Å². The zero-order valence-corrected chi connectivity index (χ0v) is 12.9. The van der Waals surface area contributed by atoms with Crippen LogP contribution >= 0.6 is 0 Å². The summed E-state index contributed by atoms with van der Waals surface area (Å²) in [5, 5.41) is 9.67. The molecule has 0 atom stereocenters. The molecule has 0 spiro atoms. The molecule has 2 heterocycles. The minimum atomic E-state index is -3.61. The van der Waals surface area contributed by atoms with Crippen molar-refractivity contribution in [3.63, 3.8) is 0 Å². The topological polar surface area (TPSA) is 91.0 Å². The number of rotatable bonds is 7. The van der Waals surface area contributed by atoms with Crippen LogP contribution in [0, 0.1) is 0 Å². The molecule has 0 aromatic carbocycles. The SMILES string of the molecule is CCNCc1cn[nH]c1S(=O)(=O)N(C)Cc1cccnc1. The van der Waals surface area contributed by atoms with E-state index in [-0.39, 0.29) is 11.6 Å². The third-order valence-corrected chi connectivity index (χ3v) is 4.86. The molecule has 0 unspecified atom stereocenters. The Balaban J connectivity index is 2.19. The van der Waals surface area contributed by atoms with Gasteiger partial charge in [0, 0.05) is 38.1 Å². The van der Waals surface area contributed by atoms with Crippen molar-refractivity contribution in [3.8, 4) is 0 Å². The van der Waals surface area contributed by atoms with E-state index in [2.05, 4.69) is 20.5 Å². The van der Waals surface area contributed by atoms with Gasteiger partial charge in [0.25, 0.3) is 10.0 Å². The highest BCUT2D eigenvalue weighted by Crippen LogP contribution is 2.18. The number of aromatic amines is 1. The van der Waals surface area contributed by atoms with Crippen molar-refractivity contribution in [1.82, 2.24) is 24.8 Å². The van der Waals surface area contributed by atoms with Crippen LogP contribution in [0.1, 0.15) is 18.1 Å². The fraction of sp³-hybridized carbons (Fsp3) is 0.385. The third kappa shape index (κ3) is 3.66. The quantitative estimate of drug-likeness (QED) is 0.787. The number of sulfonamides is 1. The van der Waals surface area contributed by atoms with Crippen molar-refractivity contribution in [3.05, 3.63) is 41.9 Å². The lowest BCUT2D eigenvalue weighted by molar-refractivity contribution is 0.462. The lowest BCUT2D eigenvalue weighted by Crippen LogP contribution is -2.28. The van der Waals surface area contributed by atoms with Gasteiger partial charge in [-0.05, 0) is 18.2 Å². The zero-order chi connectivity index (χ0) is 15.3. The first kappa shape index (κ1) is 15.6. The summed E-state index contributed by atoms with van der Waals surface area (Å²) >= 11 is 0. The molecule has 7 nitrogen and oxygen atoms in total. The molecule has 0 fully saturated rings. The van der Waals surface area contributed by atoms with Crippen LogP contribution in [0.2, 0.25) is 0 Å². The number of nitrogens with one attached hydrogen (secondary N) is 2. The molecule has 0 radical (unpaired) electrons. The first-order valence-electron chi connectivity index (χ1n) is 6.64. The Morgan fingerprint density at radius 2 is 2.19 bits per heavy atom. The van der Waals surface area contributed by atoms with Crippen LogP contribution in [-0.4, -0.2) is 41.5 Å². The Morgan fingerprint density at radius 3 is 2.86 bits per heavy atom. The lowest BCUT2D eigenvalue weighted by atomic mass is 10.3. The van der Waals surface area contributed by atoms with E-state index in [9.17, 15) is 8.42 Å². The summed E-state index contributed by atoms with van der Waals surface area (Å²) in [6.07, 6.45) is 4.84. The normalized spacial score (nSPS) is 12.0. The molecule has 21 heavy (non-hydrogen) atoms. The van der Waals surface area contributed by atoms with Crippen molar-refractivity contribution in [2.45, 2.75) is 25.0 Å². The summed E-state index contributed by atoms with van der Waals surface area (Å²) in [5.74, 6) is 0. The monoisotopic (exact) mass is 309 g/mol. The average molecular weight is 309 g/mol. The molecule has 0 aliphatic heterocycles. The highest BCUT2D eigenvalue weighted by atomic mass is 32.2. The summed E-state index contributed by atoms with van der Waals surface area (Å²) in [4.78, 5) is 3.99. The summed E-state index contributed by atoms with van der Waals surface area (Å²) in [5.41, 5.74) is 1.46. The maximum atomic E-state index is 12.6. The van der Waals surface area contributed by atoms with E-state index in [0.717, 1.165) is 12.1 Å². The molecule has 2 aromatic heterocycles. The summed E-state index contributed by atoms with van der Waals surface area (Å²) in [7, 11) is -2.07. The molecule has 114 valence electrons. The van der Waals surface area contributed by atoms with Gasteiger partial charge in [-0.15, -0.1) is 0 Å². The largest absolute Gasteiger partial charge is 0.313 e. The molecule has 2 rings (SSSR count). The second-order valence-corrected chi connectivity index (χ2v) is 6.61. The highest BCUT2D eigenvalue weighted by molar-refractivity contribution is 7.89.